The van der Waals surface area contributed by atoms with Gasteiger partial charge in [0.2, 0.25) is 0 Å². The fraction of sp³-hybridized carbons (Fsp3) is 0.231. The highest BCUT2D eigenvalue weighted by atomic mass is 35.5. The van der Waals surface area contributed by atoms with Gasteiger partial charge in [-0.2, -0.15) is 5.10 Å². The molecule has 2 aromatic rings. The molecule has 0 atom stereocenters. The fourth-order valence-electron chi connectivity index (χ4n) is 1.87. The summed E-state index contributed by atoms with van der Waals surface area (Å²) in [6.45, 7) is 0.355. The summed E-state index contributed by atoms with van der Waals surface area (Å²) in [4.78, 5) is 22.3. The summed E-state index contributed by atoms with van der Waals surface area (Å²) in [5, 5.41) is 17.8. The molecular formula is C13H13ClN4O3. The second-order valence-electron chi connectivity index (χ2n) is 4.45. The van der Waals surface area contributed by atoms with E-state index in [9.17, 15) is 14.9 Å². The number of hydrogen-bond donors (Lipinski definition) is 1. The molecule has 0 aliphatic rings. The Balaban J connectivity index is 2.03. The summed E-state index contributed by atoms with van der Waals surface area (Å²) in [5.41, 5.74) is 0.662. The van der Waals surface area contributed by atoms with Gasteiger partial charge in [0.15, 0.2) is 0 Å². The van der Waals surface area contributed by atoms with E-state index < -0.39 is 10.8 Å². The zero-order chi connectivity index (χ0) is 15.4. The Labute approximate surface area is 125 Å². The Hall–Kier alpha value is -2.41. The molecule has 0 saturated carbocycles. The summed E-state index contributed by atoms with van der Waals surface area (Å²) in [6.07, 6.45) is 4.13. The molecule has 0 saturated heterocycles. The number of carbonyl (C=O) groups excluding carboxylic acids is 1. The number of nitrogens with one attached hydrogen (secondary N) is 1. The van der Waals surface area contributed by atoms with Gasteiger partial charge >= 0.3 is 0 Å². The third kappa shape index (κ3) is 3.79. The molecule has 21 heavy (non-hydrogen) atoms. The van der Waals surface area contributed by atoms with E-state index >= 15 is 0 Å². The molecule has 0 spiro atoms. The Bertz CT molecular complexity index is 684. The monoisotopic (exact) mass is 308 g/mol. The van der Waals surface area contributed by atoms with Crippen molar-refractivity contribution < 1.29 is 9.72 Å². The molecule has 110 valence electrons. The average molecular weight is 309 g/mol. The molecule has 1 heterocycles. The molecule has 1 aromatic heterocycles. The highest BCUT2D eigenvalue weighted by Crippen LogP contribution is 2.22. The minimum atomic E-state index is -0.605. The van der Waals surface area contributed by atoms with Crippen LogP contribution in [0.3, 0.4) is 0 Å². The summed E-state index contributed by atoms with van der Waals surface area (Å²) in [7, 11) is 1.80. The number of rotatable bonds is 5. The lowest BCUT2D eigenvalue weighted by molar-refractivity contribution is -0.385. The lowest BCUT2D eigenvalue weighted by Crippen LogP contribution is -2.26. The van der Waals surface area contributed by atoms with E-state index in [0.29, 0.717) is 13.0 Å². The Morgan fingerprint density at radius 3 is 2.90 bits per heavy atom. The third-order valence-electron chi connectivity index (χ3n) is 2.86. The van der Waals surface area contributed by atoms with Gasteiger partial charge in [-0.1, -0.05) is 11.6 Å². The summed E-state index contributed by atoms with van der Waals surface area (Å²) in [5.74, 6) is -0.520. The largest absolute Gasteiger partial charge is 0.351 e. The van der Waals surface area contributed by atoms with Crippen LogP contribution in [0.15, 0.2) is 30.6 Å². The number of nitro groups is 1. The molecule has 7 nitrogen and oxygen atoms in total. The van der Waals surface area contributed by atoms with Crippen LogP contribution in [-0.2, 0) is 13.5 Å². The van der Waals surface area contributed by atoms with Gasteiger partial charge in [0.25, 0.3) is 11.6 Å². The van der Waals surface area contributed by atoms with Crippen LogP contribution in [0.25, 0.3) is 0 Å². The SMILES string of the molecule is Cn1cc(CCNC(=O)c2cc(Cl)ccc2[N+](=O)[O-])cn1. The number of aryl methyl sites for hydroxylation is 1. The highest BCUT2D eigenvalue weighted by molar-refractivity contribution is 6.31. The second-order valence-corrected chi connectivity index (χ2v) is 4.88. The normalized spacial score (nSPS) is 10.4. The topological polar surface area (TPSA) is 90.1 Å². The molecule has 0 radical (unpaired) electrons. The zero-order valence-corrected chi connectivity index (χ0v) is 12.0. The molecular weight excluding hydrogens is 296 g/mol. The molecule has 1 amide bonds. The molecule has 0 aliphatic heterocycles. The Morgan fingerprint density at radius 1 is 1.52 bits per heavy atom. The van der Waals surface area contributed by atoms with Crippen LogP contribution in [0, 0.1) is 10.1 Å². The van der Waals surface area contributed by atoms with Crippen molar-refractivity contribution in [1.29, 1.82) is 0 Å². The fourth-order valence-corrected chi connectivity index (χ4v) is 2.04. The van der Waals surface area contributed by atoms with Gasteiger partial charge in [0.05, 0.1) is 11.1 Å². The van der Waals surface area contributed by atoms with E-state index in [0.717, 1.165) is 5.56 Å². The van der Waals surface area contributed by atoms with Crippen molar-refractivity contribution in [3.63, 3.8) is 0 Å². The van der Waals surface area contributed by atoms with Gasteiger partial charge in [0, 0.05) is 30.9 Å². The number of amides is 1. The van der Waals surface area contributed by atoms with Crippen molar-refractivity contribution in [3.05, 3.63) is 56.9 Å². The molecule has 1 aromatic carbocycles. The first kappa shape index (κ1) is 15.0. The van der Waals surface area contributed by atoms with Gasteiger partial charge in [-0.15, -0.1) is 0 Å². The van der Waals surface area contributed by atoms with E-state index in [1.54, 1.807) is 17.9 Å². The number of nitro benzene ring substituents is 1. The van der Waals surface area contributed by atoms with Gasteiger partial charge in [-0.05, 0) is 24.1 Å². The number of benzene rings is 1. The predicted molar refractivity (Wildman–Crippen MR) is 77.4 cm³/mol. The first-order chi connectivity index (χ1) is 9.97. The minimum Gasteiger partial charge on any atom is -0.351 e. The minimum absolute atomic E-state index is 0.0429. The lowest BCUT2D eigenvalue weighted by atomic mass is 10.1. The molecule has 0 unspecified atom stereocenters. The van der Waals surface area contributed by atoms with Crippen LogP contribution in [0.4, 0.5) is 5.69 Å². The zero-order valence-electron chi connectivity index (χ0n) is 11.2. The van der Waals surface area contributed by atoms with Gasteiger partial charge in [0.1, 0.15) is 5.56 Å². The number of halogens is 1. The first-order valence-corrected chi connectivity index (χ1v) is 6.55. The van der Waals surface area contributed by atoms with Crippen LogP contribution in [0.1, 0.15) is 15.9 Å². The third-order valence-corrected chi connectivity index (χ3v) is 3.09. The Morgan fingerprint density at radius 2 is 2.29 bits per heavy atom. The first-order valence-electron chi connectivity index (χ1n) is 6.17. The van der Waals surface area contributed by atoms with Crippen LogP contribution >= 0.6 is 11.6 Å². The van der Waals surface area contributed by atoms with Crippen molar-refractivity contribution in [3.8, 4) is 0 Å². The van der Waals surface area contributed by atoms with Crippen LogP contribution in [-0.4, -0.2) is 27.2 Å². The quantitative estimate of drug-likeness (QED) is 0.675. The smallest absolute Gasteiger partial charge is 0.282 e. The maximum atomic E-state index is 12.0. The predicted octanol–water partition coefficient (Wildman–Crippen LogP) is 1.95. The van der Waals surface area contributed by atoms with Crippen LogP contribution in [0.5, 0.6) is 0 Å². The van der Waals surface area contributed by atoms with Crippen LogP contribution < -0.4 is 5.32 Å². The number of aromatic nitrogens is 2. The molecule has 1 N–H and O–H groups in total. The standard InChI is InChI=1S/C13H13ClN4O3/c1-17-8-9(7-16-17)4-5-15-13(19)11-6-10(14)2-3-12(11)18(20)21/h2-3,6-8H,4-5H2,1H3,(H,15,19). The van der Waals surface area contributed by atoms with Gasteiger partial charge in [-0.3, -0.25) is 19.6 Å². The van der Waals surface area contributed by atoms with E-state index in [2.05, 4.69) is 10.4 Å². The van der Waals surface area contributed by atoms with Crippen molar-refractivity contribution >= 4 is 23.2 Å². The average Bonchev–Trinajstić information content (AvgIpc) is 2.84. The number of nitrogens with zero attached hydrogens (tertiary/aromatic N) is 3. The Kier molecular flexibility index (Phi) is 4.54. The highest BCUT2D eigenvalue weighted by Gasteiger charge is 2.20. The van der Waals surface area contributed by atoms with Gasteiger partial charge in [-0.25, -0.2) is 0 Å². The summed E-state index contributed by atoms with van der Waals surface area (Å²) in [6, 6.07) is 3.89. The van der Waals surface area contributed by atoms with Gasteiger partial charge < -0.3 is 5.32 Å². The van der Waals surface area contributed by atoms with Crippen molar-refractivity contribution in [1.82, 2.24) is 15.1 Å². The molecule has 0 fully saturated rings. The molecule has 2 rings (SSSR count). The van der Waals surface area contributed by atoms with E-state index in [1.165, 1.54) is 18.2 Å². The number of hydrogen-bond acceptors (Lipinski definition) is 4. The van der Waals surface area contributed by atoms with E-state index in [-0.39, 0.29) is 16.3 Å². The van der Waals surface area contributed by atoms with Crippen molar-refractivity contribution in [2.24, 2.45) is 7.05 Å². The van der Waals surface area contributed by atoms with Crippen LogP contribution in [0.2, 0.25) is 5.02 Å². The second kappa shape index (κ2) is 6.36. The molecule has 0 bridgehead atoms. The maximum absolute atomic E-state index is 12.0. The summed E-state index contributed by atoms with van der Waals surface area (Å²) >= 11 is 5.78. The summed E-state index contributed by atoms with van der Waals surface area (Å²) < 4.78 is 1.67. The van der Waals surface area contributed by atoms with Crippen molar-refractivity contribution in [2.45, 2.75) is 6.42 Å². The van der Waals surface area contributed by atoms with E-state index in [1.807, 2.05) is 6.20 Å². The molecule has 8 heteroatoms. The lowest BCUT2D eigenvalue weighted by Gasteiger charge is -2.05. The van der Waals surface area contributed by atoms with Crippen molar-refractivity contribution in [2.75, 3.05) is 6.54 Å². The maximum Gasteiger partial charge on any atom is 0.282 e. The molecule has 0 aliphatic carbocycles. The van der Waals surface area contributed by atoms with E-state index in [4.69, 9.17) is 11.6 Å². The number of carbonyl (C=O) groups is 1.